The first-order chi connectivity index (χ1) is 7.58. The van der Waals surface area contributed by atoms with Gasteiger partial charge in [-0.25, -0.2) is 13.8 Å². The van der Waals surface area contributed by atoms with E-state index in [2.05, 4.69) is 4.98 Å². The van der Waals surface area contributed by atoms with Gasteiger partial charge in [-0.3, -0.25) is 0 Å². The predicted octanol–water partition coefficient (Wildman–Crippen LogP) is 3.11. The van der Waals surface area contributed by atoms with E-state index < -0.39 is 11.6 Å². The van der Waals surface area contributed by atoms with Crippen LogP contribution in [0.5, 0.6) is 0 Å². The van der Waals surface area contributed by atoms with Crippen molar-refractivity contribution in [3.63, 3.8) is 0 Å². The van der Waals surface area contributed by atoms with E-state index >= 15 is 0 Å². The lowest BCUT2D eigenvalue weighted by Crippen LogP contribution is -2.01. The molecular formula is C11H10F2N2S. The molecule has 0 amide bonds. The number of hydrogen-bond donors (Lipinski definition) is 1. The van der Waals surface area contributed by atoms with Crippen molar-refractivity contribution in [2.45, 2.75) is 13.0 Å². The third-order valence-electron chi connectivity index (χ3n) is 2.13. The van der Waals surface area contributed by atoms with Gasteiger partial charge in [0.05, 0.1) is 0 Å². The van der Waals surface area contributed by atoms with Crippen LogP contribution in [0.2, 0.25) is 0 Å². The van der Waals surface area contributed by atoms with E-state index in [1.54, 1.807) is 6.20 Å². The number of nitrogens with zero attached hydrogens (tertiary/aromatic N) is 1. The van der Waals surface area contributed by atoms with Crippen molar-refractivity contribution in [2.24, 2.45) is 5.73 Å². The molecular weight excluding hydrogens is 230 g/mol. The summed E-state index contributed by atoms with van der Waals surface area (Å²) in [6, 6.07) is 3.17. The highest BCUT2D eigenvalue weighted by Crippen LogP contribution is 2.30. The number of benzene rings is 1. The Morgan fingerprint density at radius 1 is 1.38 bits per heavy atom. The summed E-state index contributed by atoms with van der Waals surface area (Å²) in [6.45, 7) is 1.82. The Morgan fingerprint density at radius 3 is 2.75 bits per heavy atom. The number of aromatic nitrogens is 1. The minimum atomic E-state index is -0.480. The molecule has 2 aromatic rings. The van der Waals surface area contributed by atoms with Crippen LogP contribution in [0.1, 0.15) is 17.8 Å². The molecule has 1 aromatic heterocycles. The van der Waals surface area contributed by atoms with E-state index in [-0.39, 0.29) is 11.6 Å². The van der Waals surface area contributed by atoms with Gasteiger partial charge in [-0.15, -0.1) is 11.3 Å². The molecule has 1 unspecified atom stereocenters. The quantitative estimate of drug-likeness (QED) is 0.876. The Hall–Kier alpha value is -1.33. The van der Waals surface area contributed by atoms with Crippen LogP contribution in [0, 0.1) is 11.6 Å². The summed E-state index contributed by atoms with van der Waals surface area (Å²) in [7, 11) is 0. The summed E-state index contributed by atoms with van der Waals surface area (Å²) in [5.74, 6) is -0.957. The van der Waals surface area contributed by atoms with Crippen molar-refractivity contribution in [3.05, 3.63) is 40.9 Å². The highest BCUT2D eigenvalue weighted by Gasteiger charge is 2.12. The summed E-state index contributed by atoms with van der Waals surface area (Å²) >= 11 is 1.27. The third-order valence-corrected chi connectivity index (χ3v) is 3.36. The molecule has 16 heavy (non-hydrogen) atoms. The lowest BCUT2D eigenvalue weighted by Gasteiger charge is -1.99. The minimum Gasteiger partial charge on any atom is -0.323 e. The lowest BCUT2D eigenvalue weighted by molar-refractivity contribution is 0.603. The molecule has 1 aromatic carbocycles. The molecule has 0 spiro atoms. The summed E-state index contributed by atoms with van der Waals surface area (Å²) in [4.78, 5) is 4.89. The van der Waals surface area contributed by atoms with Gasteiger partial charge in [0.25, 0.3) is 0 Å². The maximum absolute atomic E-state index is 13.4. The van der Waals surface area contributed by atoms with Crippen LogP contribution in [0.3, 0.4) is 0 Å². The monoisotopic (exact) mass is 240 g/mol. The molecule has 1 heterocycles. The zero-order chi connectivity index (χ0) is 11.7. The van der Waals surface area contributed by atoms with Crippen molar-refractivity contribution in [1.29, 1.82) is 0 Å². The predicted molar refractivity (Wildman–Crippen MR) is 60.1 cm³/mol. The molecule has 0 saturated heterocycles. The molecule has 84 valence electrons. The minimum absolute atomic E-state index is 0.150. The first-order valence-electron chi connectivity index (χ1n) is 4.74. The van der Waals surface area contributed by atoms with E-state index in [1.165, 1.54) is 11.3 Å². The largest absolute Gasteiger partial charge is 0.323 e. The molecule has 0 aliphatic carbocycles. The molecule has 0 radical (unpaired) electrons. The number of hydrogen-bond acceptors (Lipinski definition) is 3. The van der Waals surface area contributed by atoms with Crippen molar-refractivity contribution < 1.29 is 8.78 Å². The lowest BCUT2D eigenvalue weighted by atomic mass is 10.2. The van der Waals surface area contributed by atoms with Gasteiger partial charge in [0.1, 0.15) is 16.6 Å². The number of nitrogens with two attached hydrogens (primary N) is 1. The van der Waals surface area contributed by atoms with Gasteiger partial charge in [-0.05, 0) is 25.1 Å². The molecule has 0 aliphatic rings. The third kappa shape index (κ3) is 2.10. The van der Waals surface area contributed by atoms with E-state index in [9.17, 15) is 8.78 Å². The SMILES string of the molecule is CC(N)c1cnc(-c2cc(F)ccc2F)s1. The molecule has 5 heteroatoms. The zero-order valence-corrected chi connectivity index (χ0v) is 9.39. The van der Waals surface area contributed by atoms with E-state index in [1.807, 2.05) is 6.92 Å². The van der Waals surface area contributed by atoms with Gasteiger partial charge in [0, 0.05) is 22.7 Å². The molecule has 0 fully saturated rings. The van der Waals surface area contributed by atoms with E-state index in [0.29, 0.717) is 5.01 Å². The van der Waals surface area contributed by atoms with Crippen LogP contribution in [0.25, 0.3) is 10.6 Å². The molecule has 0 saturated carbocycles. The Balaban J connectivity index is 2.46. The molecule has 2 nitrogen and oxygen atoms in total. The van der Waals surface area contributed by atoms with Crippen molar-refractivity contribution in [3.8, 4) is 10.6 Å². The van der Waals surface area contributed by atoms with Crippen LogP contribution >= 0.6 is 11.3 Å². The van der Waals surface area contributed by atoms with Crippen LogP contribution in [0.4, 0.5) is 8.78 Å². The van der Waals surface area contributed by atoms with Crippen molar-refractivity contribution in [1.82, 2.24) is 4.98 Å². The molecule has 0 bridgehead atoms. The van der Waals surface area contributed by atoms with Crippen molar-refractivity contribution >= 4 is 11.3 Å². The van der Waals surface area contributed by atoms with Crippen LogP contribution in [-0.4, -0.2) is 4.98 Å². The number of rotatable bonds is 2. The second-order valence-corrected chi connectivity index (χ2v) is 4.54. The maximum atomic E-state index is 13.4. The first-order valence-corrected chi connectivity index (χ1v) is 5.56. The van der Waals surface area contributed by atoms with Gasteiger partial charge >= 0.3 is 0 Å². The Morgan fingerprint density at radius 2 is 2.12 bits per heavy atom. The molecule has 2 N–H and O–H groups in total. The Bertz CT molecular complexity index is 508. The zero-order valence-electron chi connectivity index (χ0n) is 8.58. The van der Waals surface area contributed by atoms with Gasteiger partial charge < -0.3 is 5.73 Å². The average molecular weight is 240 g/mol. The fraction of sp³-hybridized carbons (Fsp3) is 0.182. The van der Waals surface area contributed by atoms with Gasteiger partial charge in [-0.1, -0.05) is 0 Å². The van der Waals surface area contributed by atoms with Crippen LogP contribution in [0.15, 0.2) is 24.4 Å². The second-order valence-electron chi connectivity index (χ2n) is 3.48. The summed E-state index contributed by atoms with van der Waals surface area (Å²) in [6.07, 6.45) is 1.59. The summed E-state index contributed by atoms with van der Waals surface area (Å²) < 4.78 is 26.4. The number of halogens is 2. The van der Waals surface area contributed by atoms with Crippen LogP contribution in [-0.2, 0) is 0 Å². The highest BCUT2D eigenvalue weighted by molar-refractivity contribution is 7.15. The Labute approximate surface area is 95.7 Å². The molecule has 0 aliphatic heterocycles. The maximum Gasteiger partial charge on any atom is 0.133 e. The van der Waals surface area contributed by atoms with E-state index in [0.717, 1.165) is 23.1 Å². The Kier molecular flexibility index (Phi) is 2.98. The molecule has 1 atom stereocenters. The summed E-state index contributed by atoms with van der Waals surface area (Å²) in [5, 5.41) is 0.448. The van der Waals surface area contributed by atoms with Crippen LogP contribution < -0.4 is 5.73 Å². The van der Waals surface area contributed by atoms with Gasteiger partial charge in [0.15, 0.2) is 0 Å². The van der Waals surface area contributed by atoms with E-state index in [4.69, 9.17) is 5.73 Å². The fourth-order valence-corrected chi connectivity index (χ4v) is 2.17. The average Bonchev–Trinajstić information content (AvgIpc) is 2.70. The van der Waals surface area contributed by atoms with Crippen molar-refractivity contribution in [2.75, 3.05) is 0 Å². The fourth-order valence-electron chi connectivity index (χ4n) is 1.28. The highest BCUT2D eigenvalue weighted by atomic mass is 32.1. The standard InChI is InChI=1S/C11H10F2N2S/c1-6(14)10-5-15-11(16-10)8-4-7(12)2-3-9(8)13/h2-6H,14H2,1H3. The second kappa shape index (κ2) is 4.27. The first kappa shape index (κ1) is 11.2. The van der Waals surface area contributed by atoms with Gasteiger partial charge in [0.2, 0.25) is 0 Å². The molecule has 2 rings (SSSR count). The summed E-state index contributed by atoms with van der Waals surface area (Å²) in [5.41, 5.74) is 5.85. The number of thiazole rings is 1. The topological polar surface area (TPSA) is 38.9 Å². The normalized spacial score (nSPS) is 12.8. The smallest absolute Gasteiger partial charge is 0.133 e. The van der Waals surface area contributed by atoms with Gasteiger partial charge in [-0.2, -0.15) is 0 Å².